The summed E-state index contributed by atoms with van der Waals surface area (Å²) in [5.74, 6) is 0.696. The summed E-state index contributed by atoms with van der Waals surface area (Å²) in [6, 6.07) is 10.9. The van der Waals surface area contributed by atoms with Gasteiger partial charge in [0, 0.05) is 12.6 Å². The van der Waals surface area contributed by atoms with Crippen molar-refractivity contribution in [2.24, 2.45) is 0 Å². The molecule has 0 saturated carbocycles. The van der Waals surface area contributed by atoms with E-state index in [0.29, 0.717) is 17.2 Å². The molecular formula is C18H22N2O5S. The molecule has 2 N–H and O–H groups in total. The second-order valence-corrected chi connectivity index (χ2v) is 7.52. The van der Waals surface area contributed by atoms with E-state index in [9.17, 15) is 13.2 Å². The number of sulfonamides is 1. The third-order valence-electron chi connectivity index (χ3n) is 3.27. The summed E-state index contributed by atoms with van der Waals surface area (Å²) in [5.41, 5.74) is 0.682. The molecule has 2 rings (SSSR count). The van der Waals surface area contributed by atoms with Crippen LogP contribution in [0.1, 0.15) is 20.8 Å². The lowest BCUT2D eigenvalue weighted by atomic mass is 10.3. The van der Waals surface area contributed by atoms with Gasteiger partial charge in [0.25, 0.3) is 10.0 Å². The minimum absolute atomic E-state index is 0.00422. The second-order valence-electron chi connectivity index (χ2n) is 5.84. The Labute approximate surface area is 153 Å². The quantitative estimate of drug-likeness (QED) is 0.771. The highest BCUT2D eigenvalue weighted by Crippen LogP contribution is 2.28. The lowest BCUT2D eigenvalue weighted by Gasteiger charge is -2.13. The molecule has 26 heavy (non-hydrogen) atoms. The SMILES string of the molecule is COc1ccc(S(=O)(=O)Nc2ccc(OC(C)C)cc2)cc1NC(C)=O. The smallest absolute Gasteiger partial charge is 0.261 e. The van der Waals surface area contributed by atoms with E-state index >= 15 is 0 Å². The number of amides is 1. The van der Waals surface area contributed by atoms with Gasteiger partial charge in [-0.2, -0.15) is 0 Å². The minimum atomic E-state index is -3.83. The number of hydrogen-bond donors (Lipinski definition) is 2. The van der Waals surface area contributed by atoms with Gasteiger partial charge in [-0.05, 0) is 56.3 Å². The maximum atomic E-state index is 12.6. The fourth-order valence-electron chi connectivity index (χ4n) is 2.23. The van der Waals surface area contributed by atoms with Crippen LogP contribution in [0.5, 0.6) is 11.5 Å². The molecule has 2 aromatic rings. The highest BCUT2D eigenvalue weighted by atomic mass is 32.2. The summed E-state index contributed by atoms with van der Waals surface area (Å²) in [4.78, 5) is 11.3. The van der Waals surface area contributed by atoms with E-state index < -0.39 is 10.0 Å². The highest BCUT2D eigenvalue weighted by molar-refractivity contribution is 7.92. The van der Waals surface area contributed by atoms with Crippen molar-refractivity contribution < 1.29 is 22.7 Å². The topological polar surface area (TPSA) is 93.7 Å². The predicted molar refractivity (Wildman–Crippen MR) is 100 cm³/mol. The van der Waals surface area contributed by atoms with Crippen LogP contribution in [0, 0.1) is 0 Å². The Balaban J connectivity index is 2.25. The van der Waals surface area contributed by atoms with Gasteiger partial charge in [-0.1, -0.05) is 0 Å². The molecule has 7 nitrogen and oxygen atoms in total. The second kappa shape index (κ2) is 8.09. The molecule has 0 aliphatic rings. The van der Waals surface area contributed by atoms with Crippen LogP contribution >= 0.6 is 0 Å². The largest absolute Gasteiger partial charge is 0.495 e. The van der Waals surface area contributed by atoms with Gasteiger partial charge in [-0.25, -0.2) is 8.42 Å². The molecule has 0 aliphatic heterocycles. The lowest BCUT2D eigenvalue weighted by Crippen LogP contribution is -2.14. The number of anilines is 2. The van der Waals surface area contributed by atoms with Crippen molar-refractivity contribution >= 4 is 27.3 Å². The maximum absolute atomic E-state index is 12.6. The van der Waals surface area contributed by atoms with E-state index in [0.717, 1.165) is 0 Å². The molecule has 0 bridgehead atoms. The van der Waals surface area contributed by atoms with Crippen LogP contribution in [0.25, 0.3) is 0 Å². The molecular weight excluding hydrogens is 356 g/mol. The van der Waals surface area contributed by atoms with Crippen LogP contribution in [0.2, 0.25) is 0 Å². The van der Waals surface area contributed by atoms with Gasteiger partial charge in [0.2, 0.25) is 5.91 Å². The molecule has 1 amide bonds. The molecule has 0 radical (unpaired) electrons. The zero-order valence-corrected chi connectivity index (χ0v) is 15.9. The van der Waals surface area contributed by atoms with Gasteiger partial charge in [-0.3, -0.25) is 9.52 Å². The molecule has 8 heteroatoms. The van der Waals surface area contributed by atoms with Crippen molar-refractivity contribution in [3.63, 3.8) is 0 Å². The third-order valence-corrected chi connectivity index (χ3v) is 4.65. The Hall–Kier alpha value is -2.74. The Kier molecular flexibility index (Phi) is 6.10. The average molecular weight is 378 g/mol. The molecule has 0 heterocycles. The maximum Gasteiger partial charge on any atom is 0.261 e. The number of methoxy groups -OCH3 is 1. The molecule has 0 atom stereocenters. The predicted octanol–water partition coefficient (Wildman–Crippen LogP) is 3.24. The number of nitrogens with one attached hydrogen (secondary N) is 2. The third kappa shape index (κ3) is 5.13. The van der Waals surface area contributed by atoms with E-state index in [1.165, 1.54) is 32.2 Å². The van der Waals surface area contributed by atoms with Gasteiger partial charge in [0.1, 0.15) is 11.5 Å². The number of carbonyl (C=O) groups is 1. The fraction of sp³-hybridized carbons (Fsp3) is 0.278. The summed E-state index contributed by atoms with van der Waals surface area (Å²) in [5, 5.41) is 2.55. The molecule has 2 aromatic carbocycles. The van der Waals surface area contributed by atoms with E-state index in [4.69, 9.17) is 9.47 Å². The lowest BCUT2D eigenvalue weighted by molar-refractivity contribution is -0.114. The molecule has 0 saturated heterocycles. The molecule has 0 aliphatic carbocycles. The summed E-state index contributed by atoms with van der Waals surface area (Å²) < 4.78 is 38.4. The van der Waals surface area contributed by atoms with Crippen LogP contribution < -0.4 is 19.5 Å². The van der Waals surface area contributed by atoms with Crippen LogP contribution in [0.3, 0.4) is 0 Å². The normalized spacial score (nSPS) is 11.1. The Morgan fingerprint density at radius 2 is 1.73 bits per heavy atom. The van der Waals surface area contributed by atoms with Crippen molar-refractivity contribution in [3.05, 3.63) is 42.5 Å². The first-order chi connectivity index (χ1) is 12.2. The molecule has 0 aromatic heterocycles. The first-order valence-corrected chi connectivity index (χ1v) is 9.45. The Morgan fingerprint density at radius 1 is 1.08 bits per heavy atom. The number of benzene rings is 2. The van der Waals surface area contributed by atoms with Gasteiger partial charge in [0.05, 0.1) is 23.8 Å². The number of rotatable bonds is 7. The van der Waals surface area contributed by atoms with Gasteiger partial charge in [-0.15, -0.1) is 0 Å². The average Bonchev–Trinajstić information content (AvgIpc) is 2.55. The number of carbonyl (C=O) groups excluding carboxylic acids is 1. The highest BCUT2D eigenvalue weighted by Gasteiger charge is 2.17. The number of ether oxygens (including phenoxy) is 2. The zero-order chi connectivity index (χ0) is 19.3. The van der Waals surface area contributed by atoms with E-state index in [-0.39, 0.29) is 22.6 Å². The van der Waals surface area contributed by atoms with Crippen LogP contribution in [-0.2, 0) is 14.8 Å². The summed E-state index contributed by atoms with van der Waals surface area (Å²) in [6.07, 6.45) is 0.0315. The van der Waals surface area contributed by atoms with Crippen molar-refractivity contribution in [1.82, 2.24) is 0 Å². The number of hydrogen-bond acceptors (Lipinski definition) is 5. The van der Waals surface area contributed by atoms with Crippen LogP contribution in [-0.4, -0.2) is 27.5 Å². The van der Waals surface area contributed by atoms with E-state index in [1.807, 2.05) is 13.8 Å². The minimum Gasteiger partial charge on any atom is -0.495 e. The van der Waals surface area contributed by atoms with Gasteiger partial charge in [0.15, 0.2) is 0 Å². The monoisotopic (exact) mass is 378 g/mol. The first-order valence-electron chi connectivity index (χ1n) is 7.96. The van der Waals surface area contributed by atoms with Crippen LogP contribution in [0.15, 0.2) is 47.4 Å². The van der Waals surface area contributed by atoms with Gasteiger partial charge >= 0.3 is 0 Å². The summed E-state index contributed by atoms with van der Waals surface area (Å²) in [6.45, 7) is 5.15. The summed E-state index contributed by atoms with van der Waals surface area (Å²) in [7, 11) is -2.39. The van der Waals surface area contributed by atoms with E-state index in [1.54, 1.807) is 24.3 Å². The first kappa shape index (κ1) is 19.6. The fourth-order valence-corrected chi connectivity index (χ4v) is 3.31. The summed E-state index contributed by atoms with van der Waals surface area (Å²) >= 11 is 0. The van der Waals surface area contributed by atoms with Crippen LogP contribution in [0.4, 0.5) is 11.4 Å². The Bertz CT molecular complexity index is 877. The van der Waals surface area contributed by atoms with Crippen molar-refractivity contribution in [2.45, 2.75) is 31.8 Å². The standard InChI is InChI=1S/C18H22N2O5S/c1-12(2)25-15-7-5-14(6-8-15)20-26(22,23)16-9-10-18(24-4)17(11-16)19-13(3)21/h5-12,20H,1-4H3,(H,19,21). The van der Waals surface area contributed by atoms with Gasteiger partial charge < -0.3 is 14.8 Å². The Morgan fingerprint density at radius 3 is 2.27 bits per heavy atom. The van der Waals surface area contributed by atoms with E-state index in [2.05, 4.69) is 10.0 Å². The van der Waals surface area contributed by atoms with Crippen molar-refractivity contribution in [3.8, 4) is 11.5 Å². The molecule has 0 fully saturated rings. The zero-order valence-electron chi connectivity index (χ0n) is 15.1. The molecule has 140 valence electrons. The molecule has 0 unspecified atom stereocenters. The van der Waals surface area contributed by atoms with Crippen molar-refractivity contribution in [2.75, 3.05) is 17.1 Å². The van der Waals surface area contributed by atoms with Crippen molar-refractivity contribution in [1.29, 1.82) is 0 Å². The molecule has 0 spiro atoms.